The number of imidazole rings is 1. The number of nitrogens with zero attached hydrogens (tertiary/aromatic N) is 3. The average Bonchev–Trinajstić information content (AvgIpc) is 3.16. The van der Waals surface area contributed by atoms with Gasteiger partial charge in [0.25, 0.3) is 0 Å². The second kappa shape index (κ2) is 9.92. The van der Waals surface area contributed by atoms with Crippen LogP contribution in [0.3, 0.4) is 0 Å². The Kier molecular flexibility index (Phi) is 6.55. The van der Waals surface area contributed by atoms with E-state index in [-0.39, 0.29) is 6.04 Å². The van der Waals surface area contributed by atoms with E-state index < -0.39 is 0 Å². The largest absolute Gasteiger partial charge is 0.320 e. The molecule has 1 heterocycles. The van der Waals surface area contributed by atoms with Gasteiger partial charge in [-0.2, -0.15) is 5.26 Å². The van der Waals surface area contributed by atoms with Crippen LogP contribution < -0.4 is 0 Å². The molecule has 0 saturated heterocycles. The number of nitriles is 1. The molecule has 0 amide bonds. The molecule has 1 unspecified atom stereocenters. The Morgan fingerprint density at radius 3 is 2.57 bits per heavy atom. The van der Waals surface area contributed by atoms with Gasteiger partial charge in [0.1, 0.15) is 5.82 Å². The summed E-state index contributed by atoms with van der Waals surface area (Å²) in [5, 5.41) is 9.57. The maximum atomic E-state index is 9.57. The second-order valence-electron chi connectivity index (χ2n) is 9.66. The highest BCUT2D eigenvalue weighted by atomic mass is 15.1. The molecule has 3 heteroatoms. The lowest BCUT2D eigenvalue weighted by atomic mass is 9.90. The van der Waals surface area contributed by atoms with Gasteiger partial charge >= 0.3 is 0 Å². The Balaban J connectivity index is 1.67. The zero-order valence-electron chi connectivity index (χ0n) is 21.0. The molecule has 0 spiro atoms. The number of rotatable bonds is 6. The Labute approximate surface area is 208 Å². The van der Waals surface area contributed by atoms with Crippen LogP contribution in [0.2, 0.25) is 0 Å². The molecule has 0 aliphatic heterocycles. The van der Waals surface area contributed by atoms with Crippen molar-refractivity contribution in [3.63, 3.8) is 0 Å². The zero-order valence-corrected chi connectivity index (χ0v) is 21.0. The lowest BCUT2D eigenvalue weighted by Gasteiger charge is -2.24. The first kappa shape index (κ1) is 23.1. The van der Waals surface area contributed by atoms with E-state index in [1.54, 1.807) is 6.08 Å². The molecule has 1 atom stereocenters. The standard InChI is InChI=1S/C32H33N3/c1-4-9-29(35-30-14-8-11-22(3)32(30)34-31(35)10-5-2)25-17-18-27-24(21-25)16-15-23-12-6-7-13-26(23)28(27)19-20-33/h6-8,11-14,17-19,21,29H,4-5,9-10,15-16H2,1-3H3/b28-19+. The summed E-state index contributed by atoms with van der Waals surface area (Å²) in [7, 11) is 0. The molecule has 0 fully saturated rings. The van der Waals surface area contributed by atoms with Crippen molar-refractivity contribution in [3.8, 4) is 6.07 Å². The smallest absolute Gasteiger partial charge is 0.110 e. The minimum Gasteiger partial charge on any atom is -0.320 e. The molecule has 3 nitrogen and oxygen atoms in total. The fourth-order valence-corrected chi connectivity index (χ4v) is 5.70. The van der Waals surface area contributed by atoms with Crippen LogP contribution in [0.25, 0.3) is 16.6 Å². The predicted molar refractivity (Wildman–Crippen MR) is 144 cm³/mol. The van der Waals surface area contributed by atoms with E-state index in [0.29, 0.717) is 0 Å². The van der Waals surface area contributed by atoms with Gasteiger partial charge in [-0.25, -0.2) is 4.98 Å². The minimum absolute atomic E-state index is 0.243. The van der Waals surface area contributed by atoms with Gasteiger partial charge in [-0.05, 0) is 77.6 Å². The van der Waals surface area contributed by atoms with Gasteiger partial charge in [0.2, 0.25) is 0 Å². The van der Waals surface area contributed by atoms with Gasteiger partial charge in [-0.15, -0.1) is 0 Å². The van der Waals surface area contributed by atoms with E-state index in [1.807, 2.05) is 0 Å². The highest BCUT2D eigenvalue weighted by molar-refractivity contribution is 5.85. The van der Waals surface area contributed by atoms with Gasteiger partial charge in [0, 0.05) is 12.5 Å². The van der Waals surface area contributed by atoms with Gasteiger partial charge in [-0.3, -0.25) is 0 Å². The van der Waals surface area contributed by atoms with E-state index in [2.05, 4.69) is 92.1 Å². The zero-order chi connectivity index (χ0) is 24.4. The number of hydrogen-bond acceptors (Lipinski definition) is 2. The van der Waals surface area contributed by atoms with Gasteiger partial charge < -0.3 is 4.57 Å². The summed E-state index contributed by atoms with van der Waals surface area (Å²) in [6.45, 7) is 6.66. The summed E-state index contributed by atoms with van der Waals surface area (Å²) in [6, 6.07) is 24.6. The van der Waals surface area contributed by atoms with Crippen molar-refractivity contribution in [2.24, 2.45) is 0 Å². The summed E-state index contributed by atoms with van der Waals surface area (Å²) in [6.07, 6.45) is 7.91. The van der Waals surface area contributed by atoms with Crippen LogP contribution >= 0.6 is 0 Å². The third-order valence-corrected chi connectivity index (χ3v) is 7.33. The third-order valence-electron chi connectivity index (χ3n) is 7.33. The van der Waals surface area contributed by atoms with Crippen LogP contribution in [0.5, 0.6) is 0 Å². The third kappa shape index (κ3) is 4.19. The van der Waals surface area contributed by atoms with Crippen molar-refractivity contribution in [1.29, 1.82) is 5.26 Å². The van der Waals surface area contributed by atoms with Crippen LogP contribution in [0.1, 0.15) is 78.4 Å². The van der Waals surface area contributed by atoms with E-state index in [0.717, 1.165) is 49.6 Å². The predicted octanol–water partition coefficient (Wildman–Crippen LogP) is 7.74. The maximum absolute atomic E-state index is 9.57. The fourth-order valence-electron chi connectivity index (χ4n) is 5.70. The molecule has 1 aliphatic carbocycles. The molecule has 0 N–H and O–H groups in total. The number of aromatic nitrogens is 2. The van der Waals surface area contributed by atoms with E-state index in [1.165, 1.54) is 44.7 Å². The van der Waals surface area contributed by atoms with Crippen molar-refractivity contribution in [1.82, 2.24) is 9.55 Å². The van der Waals surface area contributed by atoms with Crippen LogP contribution in [0.15, 0.2) is 66.7 Å². The molecule has 1 aromatic heterocycles. The van der Waals surface area contributed by atoms with Crippen molar-refractivity contribution >= 4 is 16.6 Å². The van der Waals surface area contributed by atoms with Crippen LogP contribution in [0, 0.1) is 18.3 Å². The number of fused-ring (bicyclic) bond motifs is 3. The highest BCUT2D eigenvalue weighted by Crippen LogP contribution is 2.37. The maximum Gasteiger partial charge on any atom is 0.110 e. The van der Waals surface area contributed by atoms with E-state index >= 15 is 0 Å². The van der Waals surface area contributed by atoms with E-state index in [4.69, 9.17) is 4.98 Å². The summed E-state index contributed by atoms with van der Waals surface area (Å²) >= 11 is 0. The summed E-state index contributed by atoms with van der Waals surface area (Å²) in [4.78, 5) is 5.11. The van der Waals surface area contributed by atoms with Gasteiger partial charge in [-0.1, -0.05) is 74.9 Å². The normalized spacial score (nSPS) is 14.9. The Hall–Kier alpha value is -3.64. The lowest BCUT2D eigenvalue weighted by molar-refractivity contribution is 0.522. The van der Waals surface area contributed by atoms with E-state index in [9.17, 15) is 5.26 Å². The van der Waals surface area contributed by atoms with Gasteiger partial charge in [0.15, 0.2) is 0 Å². The minimum atomic E-state index is 0.243. The van der Waals surface area contributed by atoms with Crippen molar-refractivity contribution < 1.29 is 0 Å². The lowest BCUT2D eigenvalue weighted by Crippen LogP contribution is -2.14. The Morgan fingerprint density at radius 1 is 0.971 bits per heavy atom. The number of para-hydroxylation sites is 1. The molecular formula is C32H33N3. The molecule has 4 aromatic rings. The quantitative estimate of drug-likeness (QED) is 0.277. The number of hydrogen-bond donors (Lipinski definition) is 0. The molecule has 1 aliphatic rings. The average molecular weight is 460 g/mol. The van der Waals surface area contributed by atoms with Gasteiger partial charge in [0.05, 0.1) is 23.1 Å². The number of allylic oxidation sites excluding steroid dienone is 1. The monoisotopic (exact) mass is 459 g/mol. The van der Waals surface area contributed by atoms with Crippen molar-refractivity contribution in [2.45, 2.75) is 65.3 Å². The van der Waals surface area contributed by atoms with Crippen molar-refractivity contribution in [3.05, 3.63) is 106 Å². The van der Waals surface area contributed by atoms with Crippen LogP contribution in [-0.4, -0.2) is 9.55 Å². The molecule has 3 aromatic carbocycles. The van der Waals surface area contributed by atoms with Crippen molar-refractivity contribution in [2.75, 3.05) is 0 Å². The fraction of sp³-hybridized carbons (Fsp3) is 0.312. The summed E-state index contributed by atoms with van der Waals surface area (Å²) in [5.41, 5.74) is 11.0. The molecular weight excluding hydrogens is 426 g/mol. The molecule has 0 radical (unpaired) electrons. The first-order valence-electron chi connectivity index (χ1n) is 12.9. The number of benzene rings is 3. The number of aryl methyl sites for hydroxylation is 4. The first-order chi connectivity index (χ1) is 17.2. The Bertz CT molecular complexity index is 1450. The molecule has 0 saturated carbocycles. The van der Waals surface area contributed by atoms with Crippen LogP contribution in [0.4, 0.5) is 0 Å². The first-order valence-corrected chi connectivity index (χ1v) is 12.9. The Morgan fingerprint density at radius 2 is 1.77 bits per heavy atom. The molecule has 0 bridgehead atoms. The summed E-state index contributed by atoms with van der Waals surface area (Å²) < 4.78 is 2.51. The van der Waals surface area contributed by atoms with Crippen LogP contribution in [-0.2, 0) is 19.3 Å². The topological polar surface area (TPSA) is 41.6 Å². The molecule has 35 heavy (non-hydrogen) atoms. The molecule has 176 valence electrons. The highest BCUT2D eigenvalue weighted by Gasteiger charge is 2.24. The molecule has 5 rings (SSSR count). The SMILES string of the molecule is CCCc1nc2c(C)cccc2n1C(CCC)c1ccc2c(c1)CCc1ccccc1/C2=C\C#N. The second-order valence-corrected chi connectivity index (χ2v) is 9.66. The summed E-state index contributed by atoms with van der Waals surface area (Å²) in [5.74, 6) is 1.18.